The van der Waals surface area contributed by atoms with Crippen LogP contribution in [0.1, 0.15) is 16.4 Å². The van der Waals surface area contributed by atoms with E-state index in [2.05, 4.69) is 9.97 Å². The molecule has 0 bridgehead atoms. The highest BCUT2D eigenvalue weighted by Gasteiger charge is 2.01. The van der Waals surface area contributed by atoms with Gasteiger partial charge < -0.3 is 5.73 Å². The molecule has 14 heavy (non-hydrogen) atoms. The van der Waals surface area contributed by atoms with Crippen LogP contribution in [0.25, 0.3) is 0 Å². The van der Waals surface area contributed by atoms with Crippen molar-refractivity contribution in [2.45, 2.75) is 13.0 Å². The maximum atomic E-state index is 5.49. The van der Waals surface area contributed by atoms with Crippen LogP contribution < -0.4 is 5.73 Å². The van der Waals surface area contributed by atoms with E-state index < -0.39 is 0 Å². The summed E-state index contributed by atoms with van der Waals surface area (Å²) in [7, 11) is 0. The second-order valence-corrected chi connectivity index (χ2v) is 3.88. The molecule has 2 N–H and O–H groups in total. The number of nitrogens with zero attached hydrogens (tertiary/aromatic N) is 2. The first-order chi connectivity index (χ1) is 6.88. The molecule has 3 nitrogen and oxygen atoms in total. The topological polar surface area (TPSA) is 51.8 Å². The summed E-state index contributed by atoms with van der Waals surface area (Å²) >= 11 is 1.64. The molecule has 0 saturated heterocycles. The van der Waals surface area contributed by atoms with Gasteiger partial charge in [-0.1, -0.05) is 6.07 Å². The molecule has 0 atom stereocenters. The minimum absolute atomic E-state index is 0.513. The lowest BCUT2D eigenvalue weighted by atomic mass is 10.3. The van der Waals surface area contributed by atoms with Crippen LogP contribution in [0.4, 0.5) is 0 Å². The summed E-state index contributed by atoms with van der Waals surface area (Å²) < 4.78 is 0. The predicted octanol–water partition coefficient (Wildman–Crippen LogP) is 1.59. The van der Waals surface area contributed by atoms with Gasteiger partial charge in [0, 0.05) is 30.2 Å². The van der Waals surface area contributed by atoms with E-state index in [4.69, 9.17) is 5.73 Å². The normalized spacial score (nSPS) is 10.4. The fraction of sp³-hybridized carbons (Fsp3) is 0.200. The highest BCUT2D eigenvalue weighted by molar-refractivity contribution is 7.09. The molecule has 0 fully saturated rings. The van der Waals surface area contributed by atoms with Crippen LogP contribution in [0.3, 0.4) is 0 Å². The van der Waals surface area contributed by atoms with E-state index in [0.717, 1.165) is 22.8 Å². The van der Waals surface area contributed by atoms with E-state index in [1.54, 1.807) is 17.5 Å². The van der Waals surface area contributed by atoms with Crippen LogP contribution in [0.5, 0.6) is 0 Å². The Morgan fingerprint density at radius 1 is 1.29 bits per heavy atom. The number of pyridine rings is 1. The number of hydrogen-bond donors (Lipinski definition) is 1. The van der Waals surface area contributed by atoms with E-state index in [9.17, 15) is 0 Å². The number of aromatic nitrogens is 2. The molecule has 0 unspecified atom stereocenters. The van der Waals surface area contributed by atoms with Crippen LogP contribution in [0.15, 0.2) is 29.8 Å². The van der Waals surface area contributed by atoms with Crippen molar-refractivity contribution in [2.24, 2.45) is 5.73 Å². The maximum absolute atomic E-state index is 5.49. The molecule has 0 aliphatic rings. The molecule has 2 aromatic heterocycles. The second kappa shape index (κ2) is 4.30. The summed E-state index contributed by atoms with van der Waals surface area (Å²) in [6.45, 7) is 0.513. The van der Waals surface area contributed by atoms with Gasteiger partial charge in [-0.3, -0.25) is 4.98 Å². The maximum Gasteiger partial charge on any atom is 0.0988 e. The summed E-state index contributed by atoms with van der Waals surface area (Å²) in [5.41, 5.74) is 7.49. The van der Waals surface area contributed by atoms with Crippen LogP contribution in [0, 0.1) is 0 Å². The molecular weight excluding hydrogens is 194 g/mol. The van der Waals surface area contributed by atoms with Crippen molar-refractivity contribution in [3.8, 4) is 0 Å². The smallest absolute Gasteiger partial charge is 0.0988 e. The summed E-state index contributed by atoms with van der Waals surface area (Å²) in [5.74, 6) is 0. The molecule has 0 aliphatic carbocycles. The Balaban J connectivity index is 2.11. The van der Waals surface area contributed by atoms with Gasteiger partial charge in [-0.15, -0.1) is 11.3 Å². The fourth-order valence-electron chi connectivity index (χ4n) is 1.18. The van der Waals surface area contributed by atoms with Gasteiger partial charge in [0.1, 0.15) is 0 Å². The van der Waals surface area contributed by atoms with Gasteiger partial charge in [0.25, 0.3) is 0 Å². The number of rotatable bonds is 3. The molecule has 2 heterocycles. The highest BCUT2D eigenvalue weighted by atomic mass is 32.1. The molecule has 0 spiro atoms. The monoisotopic (exact) mass is 205 g/mol. The largest absolute Gasteiger partial charge is 0.325 e. The van der Waals surface area contributed by atoms with Crippen LogP contribution in [0.2, 0.25) is 0 Å². The zero-order chi connectivity index (χ0) is 9.80. The summed E-state index contributed by atoms with van der Waals surface area (Å²) in [5, 5.41) is 3.07. The Labute approximate surface area is 86.6 Å². The first-order valence-electron chi connectivity index (χ1n) is 4.42. The zero-order valence-corrected chi connectivity index (χ0v) is 8.50. The SMILES string of the molecule is NCc1csc(Cc2ccccn2)n1. The van der Waals surface area contributed by atoms with Gasteiger partial charge in [0.2, 0.25) is 0 Å². The quantitative estimate of drug-likeness (QED) is 0.827. The summed E-state index contributed by atoms with van der Waals surface area (Å²) in [4.78, 5) is 8.62. The highest BCUT2D eigenvalue weighted by Crippen LogP contribution is 2.12. The second-order valence-electron chi connectivity index (χ2n) is 2.93. The molecule has 0 amide bonds. The summed E-state index contributed by atoms with van der Waals surface area (Å²) in [6.07, 6.45) is 2.60. The Morgan fingerprint density at radius 3 is 2.86 bits per heavy atom. The van der Waals surface area contributed by atoms with Gasteiger partial charge in [0.15, 0.2) is 0 Å². The molecule has 0 radical (unpaired) electrons. The Bertz CT molecular complexity index is 397. The standard InChI is InChI=1S/C10H11N3S/c11-6-9-7-14-10(13-9)5-8-3-1-2-4-12-8/h1-4,7H,5-6,11H2. The third kappa shape index (κ3) is 2.16. The molecule has 2 rings (SSSR count). The molecule has 0 saturated carbocycles. The molecule has 4 heteroatoms. The van der Waals surface area contributed by atoms with Crippen LogP contribution in [-0.4, -0.2) is 9.97 Å². The number of nitrogens with two attached hydrogens (primary N) is 1. The molecule has 0 aliphatic heterocycles. The molecule has 0 aromatic carbocycles. The van der Waals surface area contributed by atoms with Gasteiger partial charge in [-0.25, -0.2) is 4.98 Å². The fourth-order valence-corrected chi connectivity index (χ4v) is 2.00. The van der Waals surface area contributed by atoms with E-state index in [0.29, 0.717) is 6.54 Å². The van der Waals surface area contributed by atoms with Gasteiger partial charge in [0.05, 0.1) is 10.7 Å². The van der Waals surface area contributed by atoms with Crippen LogP contribution in [-0.2, 0) is 13.0 Å². The third-order valence-corrected chi connectivity index (χ3v) is 2.76. The van der Waals surface area contributed by atoms with E-state index in [-0.39, 0.29) is 0 Å². The average Bonchev–Trinajstić information content (AvgIpc) is 2.67. The van der Waals surface area contributed by atoms with Crippen molar-refractivity contribution < 1.29 is 0 Å². The van der Waals surface area contributed by atoms with Crippen LogP contribution >= 0.6 is 11.3 Å². The van der Waals surface area contributed by atoms with Crippen molar-refractivity contribution in [1.29, 1.82) is 0 Å². The van der Waals surface area contributed by atoms with Crippen molar-refractivity contribution in [1.82, 2.24) is 9.97 Å². The van der Waals surface area contributed by atoms with Crippen molar-refractivity contribution >= 4 is 11.3 Å². The first kappa shape index (κ1) is 9.30. The number of hydrogen-bond acceptors (Lipinski definition) is 4. The lowest BCUT2D eigenvalue weighted by molar-refractivity contribution is 0.969. The Kier molecular flexibility index (Phi) is 2.86. The molecule has 72 valence electrons. The lowest BCUT2D eigenvalue weighted by Crippen LogP contribution is -1.97. The van der Waals surface area contributed by atoms with Crippen molar-refractivity contribution in [3.05, 3.63) is 46.2 Å². The summed E-state index contributed by atoms with van der Waals surface area (Å²) in [6, 6.07) is 5.90. The zero-order valence-electron chi connectivity index (χ0n) is 7.68. The number of thiazole rings is 1. The molecule has 2 aromatic rings. The third-order valence-electron chi connectivity index (χ3n) is 1.87. The average molecular weight is 205 g/mol. The van der Waals surface area contributed by atoms with E-state index in [1.165, 1.54) is 0 Å². The lowest BCUT2D eigenvalue weighted by Gasteiger charge is -1.94. The Morgan fingerprint density at radius 2 is 2.21 bits per heavy atom. The minimum atomic E-state index is 0.513. The predicted molar refractivity (Wildman–Crippen MR) is 57.0 cm³/mol. The van der Waals surface area contributed by atoms with Crippen molar-refractivity contribution in [2.75, 3.05) is 0 Å². The first-order valence-corrected chi connectivity index (χ1v) is 5.29. The van der Waals surface area contributed by atoms with Gasteiger partial charge in [-0.2, -0.15) is 0 Å². The van der Waals surface area contributed by atoms with E-state index >= 15 is 0 Å². The van der Waals surface area contributed by atoms with E-state index in [1.807, 2.05) is 23.6 Å². The minimum Gasteiger partial charge on any atom is -0.325 e. The van der Waals surface area contributed by atoms with Gasteiger partial charge >= 0.3 is 0 Å². The Hall–Kier alpha value is -1.26. The molecular formula is C10H11N3S. The van der Waals surface area contributed by atoms with Gasteiger partial charge in [-0.05, 0) is 12.1 Å². The van der Waals surface area contributed by atoms with Crippen molar-refractivity contribution in [3.63, 3.8) is 0 Å².